The van der Waals surface area contributed by atoms with Crippen molar-refractivity contribution in [1.29, 1.82) is 5.26 Å². The first-order valence-electron chi connectivity index (χ1n) is 6.84. The number of aromatic nitrogens is 1. The summed E-state index contributed by atoms with van der Waals surface area (Å²) >= 11 is 0. The Morgan fingerprint density at radius 1 is 1.33 bits per heavy atom. The Kier molecular flexibility index (Phi) is 5.05. The third-order valence-electron chi connectivity index (χ3n) is 3.31. The molecule has 1 amide bonds. The zero-order chi connectivity index (χ0) is 15.1. The largest absolute Gasteiger partial charge is 0.352 e. The van der Waals surface area contributed by atoms with Gasteiger partial charge in [-0.05, 0) is 41.3 Å². The highest BCUT2D eigenvalue weighted by Gasteiger charge is 2.10. The summed E-state index contributed by atoms with van der Waals surface area (Å²) in [6, 6.07) is 13.2. The van der Waals surface area contributed by atoms with Crippen LogP contribution in [-0.2, 0) is 11.3 Å². The van der Waals surface area contributed by atoms with Crippen molar-refractivity contribution in [3.8, 4) is 6.07 Å². The number of carbonyl (C=O) groups is 1. The predicted molar refractivity (Wildman–Crippen MR) is 80.3 cm³/mol. The van der Waals surface area contributed by atoms with Crippen LogP contribution in [0.15, 0.2) is 48.8 Å². The van der Waals surface area contributed by atoms with E-state index in [9.17, 15) is 4.79 Å². The molecule has 0 saturated carbocycles. The SMILES string of the molecule is C[C@@H](CC(=O)NCc1cccc(C#N)c1)c1ccncc1. The standard InChI is InChI=1S/C17H17N3O/c1-13(16-5-7-19-8-6-16)9-17(21)20-12-15-4-2-3-14(10-15)11-18/h2-8,10,13H,9,12H2,1H3,(H,20,21)/t13-/m0/s1. The van der Waals surface area contributed by atoms with Crippen LogP contribution in [0.1, 0.15) is 36.0 Å². The van der Waals surface area contributed by atoms with Crippen LogP contribution in [0.25, 0.3) is 0 Å². The van der Waals surface area contributed by atoms with Crippen molar-refractivity contribution in [3.63, 3.8) is 0 Å². The van der Waals surface area contributed by atoms with Crippen LogP contribution in [0.4, 0.5) is 0 Å². The molecule has 0 bridgehead atoms. The minimum atomic E-state index is 0.00155. The maximum Gasteiger partial charge on any atom is 0.220 e. The van der Waals surface area contributed by atoms with Crippen LogP contribution < -0.4 is 5.32 Å². The third-order valence-corrected chi connectivity index (χ3v) is 3.31. The highest BCUT2D eigenvalue weighted by Crippen LogP contribution is 2.17. The molecule has 4 heteroatoms. The fourth-order valence-corrected chi connectivity index (χ4v) is 2.11. The monoisotopic (exact) mass is 279 g/mol. The molecule has 0 aliphatic heterocycles. The highest BCUT2D eigenvalue weighted by atomic mass is 16.1. The molecular weight excluding hydrogens is 262 g/mol. The number of carbonyl (C=O) groups excluding carboxylic acids is 1. The van der Waals surface area contributed by atoms with Gasteiger partial charge in [0.1, 0.15) is 0 Å². The van der Waals surface area contributed by atoms with Crippen molar-refractivity contribution in [2.24, 2.45) is 0 Å². The lowest BCUT2D eigenvalue weighted by atomic mass is 9.98. The molecular formula is C17H17N3O. The lowest BCUT2D eigenvalue weighted by molar-refractivity contribution is -0.121. The van der Waals surface area contributed by atoms with Gasteiger partial charge in [-0.25, -0.2) is 0 Å². The number of amides is 1. The topological polar surface area (TPSA) is 65.8 Å². The molecule has 4 nitrogen and oxygen atoms in total. The van der Waals surface area contributed by atoms with Crippen molar-refractivity contribution >= 4 is 5.91 Å². The Labute approximate surface area is 124 Å². The number of nitriles is 1. The summed E-state index contributed by atoms with van der Waals surface area (Å²) in [7, 11) is 0. The average Bonchev–Trinajstić information content (AvgIpc) is 2.54. The number of rotatable bonds is 5. The third kappa shape index (κ3) is 4.43. The molecule has 1 aromatic carbocycles. The summed E-state index contributed by atoms with van der Waals surface area (Å²) in [5.74, 6) is 0.153. The zero-order valence-electron chi connectivity index (χ0n) is 11.9. The van der Waals surface area contributed by atoms with Crippen molar-refractivity contribution in [1.82, 2.24) is 10.3 Å². The molecule has 2 rings (SSSR count). The Morgan fingerprint density at radius 3 is 2.81 bits per heavy atom. The van der Waals surface area contributed by atoms with Gasteiger partial charge in [0, 0.05) is 25.4 Å². The van der Waals surface area contributed by atoms with E-state index in [-0.39, 0.29) is 11.8 Å². The first-order chi connectivity index (χ1) is 10.2. The Morgan fingerprint density at radius 2 is 2.10 bits per heavy atom. The lowest BCUT2D eigenvalue weighted by Crippen LogP contribution is -2.24. The van der Waals surface area contributed by atoms with E-state index in [1.54, 1.807) is 24.5 Å². The smallest absolute Gasteiger partial charge is 0.220 e. The second-order valence-electron chi connectivity index (χ2n) is 4.97. The van der Waals surface area contributed by atoms with Crippen LogP contribution in [0.3, 0.4) is 0 Å². The van der Waals surface area contributed by atoms with Crippen molar-refractivity contribution in [3.05, 3.63) is 65.5 Å². The normalized spacial score (nSPS) is 11.4. The average molecular weight is 279 g/mol. The summed E-state index contributed by atoms with van der Waals surface area (Å²) in [5, 5.41) is 11.7. The first kappa shape index (κ1) is 14.7. The van der Waals surface area contributed by atoms with E-state index in [0.717, 1.165) is 11.1 Å². The molecule has 0 aliphatic rings. The fraction of sp³-hybridized carbons (Fsp3) is 0.235. The van der Waals surface area contributed by atoms with Crippen LogP contribution in [0.2, 0.25) is 0 Å². The van der Waals surface area contributed by atoms with E-state index < -0.39 is 0 Å². The molecule has 2 aromatic rings. The number of benzene rings is 1. The van der Waals surface area contributed by atoms with Gasteiger partial charge in [-0.15, -0.1) is 0 Å². The molecule has 0 fully saturated rings. The summed E-state index contributed by atoms with van der Waals surface area (Å²) in [6.45, 7) is 2.46. The Balaban J connectivity index is 1.86. The van der Waals surface area contributed by atoms with E-state index in [4.69, 9.17) is 5.26 Å². The fourth-order valence-electron chi connectivity index (χ4n) is 2.11. The number of hydrogen-bond donors (Lipinski definition) is 1. The first-order valence-corrected chi connectivity index (χ1v) is 6.84. The quantitative estimate of drug-likeness (QED) is 0.915. The molecule has 0 unspecified atom stereocenters. The van der Waals surface area contributed by atoms with Crippen molar-refractivity contribution in [2.45, 2.75) is 25.8 Å². The highest BCUT2D eigenvalue weighted by molar-refractivity contribution is 5.76. The Bertz CT molecular complexity index is 647. The maximum absolute atomic E-state index is 12.0. The van der Waals surface area contributed by atoms with E-state index in [2.05, 4.69) is 16.4 Å². The van der Waals surface area contributed by atoms with Gasteiger partial charge in [0.2, 0.25) is 5.91 Å². The van der Waals surface area contributed by atoms with E-state index in [1.165, 1.54) is 0 Å². The van der Waals surface area contributed by atoms with Gasteiger partial charge >= 0.3 is 0 Å². The summed E-state index contributed by atoms with van der Waals surface area (Å²) in [6.07, 6.45) is 3.90. The van der Waals surface area contributed by atoms with Crippen LogP contribution in [0.5, 0.6) is 0 Å². The molecule has 1 aromatic heterocycles. The molecule has 1 atom stereocenters. The van der Waals surface area contributed by atoms with Gasteiger partial charge in [0.25, 0.3) is 0 Å². The van der Waals surface area contributed by atoms with Gasteiger partial charge in [0.15, 0.2) is 0 Å². The molecule has 0 radical (unpaired) electrons. The van der Waals surface area contributed by atoms with Crippen LogP contribution in [-0.4, -0.2) is 10.9 Å². The molecule has 106 valence electrons. The van der Waals surface area contributed by atoms with Gasteiger partial charge < -0.3 is 5.32 Å². The van der Waals surface area contributed by atoms with Crippen molar-refractivity contribution in [2.75, 3.05) is 0 Å². The van der Waals surface area contributed by atoms with E-state index in [1.807, 2.05) is 31.2 Å². The molecule has 1 N–H and O–H groups in total. The molecule has 1 heterocycles. The summed E-state index contributed by atoms with van der Waals surface area (Å²) in [5.41, 5.74) is 2.64. The summed E-state index contributed by atoms with van der Waals surface area (Å²) < 4.78 is 0. The zero-order valence-corrected chi connectivity index (χ0v) is 11.9. The maximum atomic E-state index is 12.0. The number of nitrogens with one attached hydrogen (secondary N) is 1. The van der Waals surface area contributed by atoms with Gasteiger partial charge in [-0.3, -0.25) is 9.78 Å². The van der Waals surface area contributed by atoms with Gasteiger partial charge in [-0.1, -0.05) is 19.1 Å². The molecule has 0 aliphatic carbocycles. The molecule has 0 saturated heterocycles. The van der Waals surface area contributed by atoms with Crippen LogP contribution in [0, 0.1) is 11.3 Å². The minimum absolute atomic E-state index is 0.00155. The minimum Gasteiger partial charge on any atom is -0.352 e. The van der Waals surface area contributed by atoms with E-state index in [0.29, 0.717) is 18.5 Å². The molecule has 0 spiro atoms. The number of pyridine rings is 1. The lowest BCUT2D eigenvalue weighted by Gasteiger charge is -2.12. The van der Waals surface area contributed by atoms with Gasteiger partial charge in [0.05, 0.1) is 11.6 Å². The second kappa shape index (κ2) is 7.20. The van der Waals surface area contributed by atoms with Crippen molar-refractivity contribution < 1.29 is 4.79 Å². The number of nitrogens with zero attached hydrogens (tertiary/aromatic N) is 2. The van der Waals surface area contributed by atoms with Crippen LogP contribution >= 0.6 is 0 Å². The summed E-state index contributed by atoms with van der Waals surface area (Å²) in [4.78, 5) is 15.9. The number of hydrogen-bond acceptors (Lipinski definition) is 3. The Hall–Kier alpha value is -2.67. The molecule has 21 heavy (non-hydrogen) atoms. The predicted octanol–water partition coefficient (Wildman–Crippen LogP) is 2.76. The van der Waals surface area contributed by atoms with E-state index >= 15 is 0 Å². The van der Waals surface area contributed by atoms with Gasteiger partial charge in [-0.2, -0.15) is 5.26 Å². The second-order valence-corrected chi connectivity index (χ2v) is 4.97.